The summed E-state index contributed by atoms with van der Waals surface area (Å²) >= 11 is 0. The fourth-order valence-corrected chi connectivity index (χ4v) is 2.20. The van der Waals surface area contributed by atoms with Crippen LogP contribution in [0.2, 0.25) is 0 Å². The van der Waals surface area contributed by atoms with Crippen molar-refractivity contribution in [2.45, 2.75) is 19.8 Å². The van der Waals surface area contributed by atoms with Gasteiger partial charge in [0.25, 0.3) is 0 Å². The molecule has 20 heavy (non-hydrogen) atoms. The monoisotopic (exact) mass is 275 g/mol. The maximum absolute atomic E-state index is 13.4. The van der Waals surface area contributed by atoms with Crippen LogP contribution in [0.3, 0.4) is 0 Å². The molecule has 0 unspecified atom stereocenters. The third-order valence-electron chi connectivity index (χ3n) is 3.28. The Labute approximate surface area is 119 Å². The number of aromatic nitrogens is 1. The molecule has 3 nitrogen and oxygen atoms in total. The number of rotatable bonds is 6. The summed E-state index contributed by atoms with van der Waals surface area (Å²) in [7, 11) is 4.12. The molecule has 108 valence electrons. The zero-order valence-corrected chi connectivity index (χ0v) is 12.4. The van der Waals surface area contributed by atoms with Crippen LogP contribution < -0.4 is 5.32 Å². The van der Waals surface area contributed by atoms with Gasteiger partial charge in [-0.3, -0.25) is 4.98 Å². The van der Waals surface area contributed by atoms with Crippen molar-refractivity contribution in [3.8, 4) is 0 Å². The first-order chi connectivity index (χ1) is 9.60. The van der Waals surface area contributed by atoms with Gasteiger partial charge in [-0.2, -0.15) is 0 Å². The number of aryl methyl sites for hydroxylation is 1. The van der Waals surface area contributed by atoms with E-state index in [-0.39, 0.29) is 5.82 Å². The maximum Gasteiger partial charge on any atom is 0.124 e. The van der Waals surface area contributed by atoms with Gasteiger partial charge < -0.3 is 10.2 Å². The normalized spacial score (nSPS) is 11.2. The van der Waals surface area contributed by atoms with Crippen LogP contribution in [0.5, 0.6) is 0 Å². The first kappa shape index (κ1) is 14.7. The van der Waals surface area contributed by atoms with E-state index in [0.29, 0.717) is 0 Å². The molecule has 0 saturated carbocycles. The average Bonchev–Trinajstić information content (AvgIpc) is 2.43. The molecule has 0 aliphatic carbocycles. The van der Waals surface area contributed by atoms with Gasteiger partial charge in [-0.05, 0) is 57.7 Å². The zero-order chi connectivity index (χ0) is 14.5. The molecule has 4 heteroatoms. The molecule has 1 N–H and O–H groups in total. The minimum atomic E-state index is -0.222. The fourth-order valence-electron chi connectivity index (χ4n) is 2.20. The van der Waals surface area contributed by atoms with Crippen LogP contribution in [0, 0.1) is 5.82 Å². The number of hydrogen-bond acceptors (Lipinski definition) is 3. The van der Waals surface area contributed by atoms with E-state index in [4.69, 9.17) is 0 Å². The van der Waals surface area contributed by atoms with Crippen molar-refractivity contribution in [2.75, 3.05) is 32.5 Å². The number of anilines is 1. The summed E-state index contributed by atoms with van der Waals surface area (Å²) < 4.78 is 13.4. The van der Waals surface area contributed by atoms with Gasteiger partial charge in [0, 0.05) is 23.3 Å². The summed E-state index contributed by atoms with van der Waals surface area (Å²) in [5, 5.41) is 4.27. The van der Waals surface area contributed by atoms with E-state index in [1.54, 1.807) is 12.1 Å². The van der Waals surface area contributed by atoms with Crippen LogP contribution in [-0.4, -0.2) is 37.1 Å². The van der Waals surface area contributed by atoms with E-state index in [1.807, 2.05) is 6.07 Å². The summed E-state index contributed by atoms with van der Waals surface area (Å²) in [6, 6.07) is 6.78. The second-order valence-corrected chi connectivity index (χ2v) is 5.26. The topological polar surface area (TPSA) is 28.2 Å². The Bertz CT molecular complexity index is 581. The number of nitrogens with one attached hydrogen (secondary N) is 1. The summed E-state index contributed by atoms with van der Waals surface area (Å²) in [6.07, 6.45) is 1.92. The Hall–Kier alpha value is -1.68. The Morgan fingerprint density at radius 1 is 1.25 bits per heavy atom. The molecule has 0 radical (unpaired) electrons. The van der Waals surface area contributed by atoms with Crippen LogP contribution in [0.4, 0.5) is 10.1 Å². The molecule has 0 fully saturated rings. The fraction of sp³-hybridized carbons (Fsp3) is 0.438. The molecule has 1 heterocycles. The maximum atomic E-state index is 13.4. The number of hydrogen-bond donors (Lipinski definition) is 1. The van der Waals surface area contributed by atoms with Gasteiger partial charge in [-0.25, -0.2) is 4.39 Å². The summed E-state index contributed by atoms with van der Waals surface area (Å²) in [5.74, 6) is -0.222. The van der Waals surface area contributed by atoms with Gasteiger partial charge in [0.1, 0.15) is 5.82 Å². The number of benzene rings is 1. The van der Waals surface area contributed by atoms with Crippen LogP contribution in [0.25, 0.3) is 10.9 Å². The van der Waals surface area contributed by atoms with E-state index in [1.165, 1.54) is 6.07 Å². The first-order valence-corrected chi connectivity index (χ1v) is 7.08. The lowest BCUT2D eigenvalue weighted by atomic mass is 10.1. The minimum Gasteiger partial charge on any atom is -0.384 e. The van der Waals surface area contributed by atoms with Crippen molar-refractivity contribution < 1.29 is 4.39 Å². The SMILES string of the molecule is CCc1cc(NCCCN(C)C)c2cc(F)ccc2n1. The Morgan fingerprint density at radius 3 is 2.75 bits per heavy atom. The molecular formula is C16H22FN3. The Balaban J connectivity index is 2.22. The number of halogens is 1. The van der Waals surface area contributed by atoms with Gasteiger partial charge in [0.2, 0.25) is 0 Å². The molecule has 0 atom stereocenters. The standard InChI is InChI=1S/C16H22FN3/c1-4-13-11-16(18-8-5-9-20(2)3)14-10-12(17)6-7-15(14)19-13/h6-7,10-11H,4-5,8-9H2,1-3H3,(H,18,19). The average molecular weight is 275 g/mol. The molecule has 0 aliphatic rings. The number of nitrogens with zero attached hydrogens (tertiary/aromatic N) is 2. The molecule has 0 amide bonds. The van der Waals surface area contributed by atoms with E-state index in [0.717, 1.165) is 48.2 Å². The van der Waals surface area contributed by atoms with Crippen LogP contribution >= 0.6 is 0 Å². The van der Waals surface area contributed by atoms with Gasteiger partial charge >= 0.3 is 0 Å². The highest BCUT2D eigenvalue weighted by atomic mass is 19.1. The molecule has 0 bridgehead atoms. The van der Waals surface area contributed by atoms with E-state index in [9.17, 15) is 4.39 Å². The van der Waals surface area contributed by atoms with Crippen molar-refractivity contribution in [1.29, 1.82) is 0 Å². The zero-order valence-electron chi connectivity index (χ0n) is 12.4. The molecule has 2 rings (SSSR count). The van der Waals surface area contributed by atoms with Crippen molar-refractivity contribution >= 4 is 16.6 Å². The summed E-state index contributed by atoms with van der Waals surface area (Å²) in [6.45, 7) is 3.98. The smallest absolute Gasteiger partial charge is 0.124 e. The van der Waals surface area contributed by atoms with Crippen molar-refractivity contribution in [3.05, 3.63) is 35.8 Å². The lowest BCUT2D eigenvalue weighted by Gasteiger charge is -2.13. The molecule has 0 aliphatic heterocycles. The Morgan fingerprint density at radius 2 is 2.05 bits per heavy atom. The van der Waals surface area contributed by atoms with E-state index < -0.39 is 0 Å². The van der Waals surface area contributed by atoms with Gasteiger partial charge in [0.15, 0.2) is 0 Å². The number of pyridine rings is 1. The largest absolute Gasteiger partial charge is 0.384 e. The predicted molar refractivity (Wildman–Crippen MR) is 82.7 cm³/mol. The van der Waals surface area contributed by atoms with Crippen molar-refractivity contribution in [2.24, 2.45) is 0 Å². The highest BCUT2D eigenvalue weighted by molar-refractivity contribution is 5.91. The third kappa shape index (κ3) is 3.67. The lowest BCUT2D eigenvalue weighted by molar-refractivity contribution is 0.405. The molecule has 2 aromatic rings. The van der Waals surface area contributed by atoms with Crippen LogP contribution in [-0.2, 0) is 6.42 Å². The van der Waals surface area contributed by atoms with Gasteiger partial charge in [-0.1, -0.05) is 6.92 Å². The molecule has 1 aromatic heterocycles. The van der Waals surface area contributed by atoms with Crippen molar-refractivity contribution in [3.63, 3.8) is 0 Å². The van der Waals surface area contributed by atoms with Crippen LogP contribution in [0.15, 0.2) is 24.3 Å². The predicted octanol–water partition coefficient (Wildman–Crippen LogP) is 3.30. The molecular weight excluding hydrogens is 253 g/mol. The van der Waals surface area contributed by atoms with Crippen LogP contribution in [0.1, 0.15) is 19.0 Å². The first-order valence-electron chi connectivity index (χ1n) is 7.08. The minimum absolute atomic E-state index is 0.222. The summed E-state index contributed by atoms with van der Waals surface area (Å²) in [4.78, 5) is 6.69. The second-order valence-electron chi connectivity index (χ2n) is 5.26. The molecule has 0 spiro atoms. The third-order valence-corrected chi connectivity index (χ3v) is 3.28. The molecule has 0 saturated heterocycles. The van der Waals surface area contributed by atoms with Gasteiger partial charge in [0.05, 0.1) is 5.52 Å². The highest BCUT2D eigenvalue weighted by Gasteiger charge is 2.06. The van der Waals surface area contributed by atoms with Crippen molar-refractivity contribution in [1.82, 2.24) is 9.88 Å². The lowest BCUT2D eigenvalue weighted by Crippen LogP contribution is -2.16. The molecule has 1 aromatic carbocycles. The highest BCUT2D eigenvalue weighted by Crippen LogP contribution is 2.24. The quantitative estimate of drug-likeness (QED) is 0.820. The van der Waals surface area contributed by atoms with E-state index in [2.05, 4.69) is 36.2 Å². The van der Waals surface area contributed by atoms with Gasteiger partial charge in [-0.15, -0.1) is 0 Å². The Kier molecular flexibility index (Phi) is 4.90. The second kappa shape index (κ2) is 6.66. The summed E-state index contributed by atoms with van der Waals surface area (Å²) in [5.41, 5.74) is 2.85. The number of fused-ring (bicyclic) bond motifs is 1. The van der Waals surface area contributed by atoms with E-state index >= 15 is 0 Å².